The number of aromatic amines is 1. The highest BCUT2D eigenvalue weighted by Crippen LogP contribution is 2.43. The van der Waals surface area contributed by atoms with E-state index < -0.39 is 0 Å². The van der Waals surface area contributed by atoms with Crippen LogP contribution in [0.5, 0.6) is 11.5 Å². The molecule has 0 saturated carbocycles. The van der Waals surface area contributed by atoms with E-state index in [1.165, 1.54) is 11.1 Å². The summed E-state index contributed by atoms with van der Waals surface area (Å²) in [6.07, 6.45) is 1.81. The molecule has 1 aliphatic carbocycles. The van der Waals surface area contributed by atoms with E-state index >= 15 is 0 Å². The number of aryl methyl sites for hydroxylation is 1. The van der Waals surface area contributed by atoms with Crippen LogP contribution in [0.4, 0.5) is 0 Å². The second kappa shape index (κ2) is 5.60. The van der Waals surface area contributed by atoms with Crippen molar-refractivity contribution in [3.05, 3.63) is 40.7 Å². The Labute approximate surface area is 129 Å². The maximum atomic E-state index is 6.55. The number of benzene rings is 1. The molecule has 1 aromatic heterocycles. The first kappa shape index (κ1) is 14.3. The van der Waals surface area contributed by atoms with Gasteiger partial charge in [-0.2, -0.15) is 5.10 Å². The average Bonchev–Trinajstić information content (AvgIpc) is 2.88. The minimum absolute atomic E-state index is 0.00518. The topological polar surface area (TPSA) is 47.1 Å². The number of methoxy groups -OCH3 is 2. The fraction of sp³-hybridized carbons (Fsp3) is 0.438. The standard InChI is InChI=1S/C16H19ClN2O2/c1-9-16-12(17)6-11(7-13(16)19-18-9)10-4-5-14(20-2)15(8-10)21-3/h4-5,8,11-12H,6-7H2,1-3H3,(H,18,19). The minimum atomic E-state index is 0.00518. The molecule has 2 atom stereocenters. The smallest absolute Gasteiger partial charge is 0.160 e. The Bertz CT molecular complexity index is 654. The van der Waals surface area contributed by atoms with Crippen molar-refractivity contribution in [3.63, 3.8) is 0 Å². The molecule has 2 unspecified atom stereocenters. The molecule has 2 aromatic rings. The van der Waals surface area contributed by atoms with Crippen LogP contribution >= 0.6 is 11.6 Å². The quantitative estimate of drug-likeness (QED) is 0.879. The molecule has 3 rings (SSSR count). The Balaban J connectivity index is 1.92. The molecule has 0 radical (unpaired) electrons. The van der Waals surface area contributed by atoms with Gasteiger partial charge >= 0.3 is 0 Å². The minimum Gasteiger partial charge on any atom is -0.493 e. The lowest BCUT2D eigenvalue weighted by atomic mass is 9.82. The fourth-order valence-electron chi connectivity index (χ4n) is 3.10. The summed E-state index contributed by atoms with van der Waals surface area (Å²) >= 11 is 6.55. The predicted octanol–water partition coefficient (Wildman–Crippen LogP) is 3.75. The average molecular weight is 307 g/mol. The van der Waals surface area contributed by atoms with E-state index in [-0.39, 0.29) is 5.38 Å². The highest BCUT2D eigenvalue weighted by Gasteiger charge is 2.30. The third kappa shape index (κ3) is 2.48. The monoisotopic (exact) mass is 306 g/mol. The van der Waals surface area contributed by atoms with Crippen LogP contribution < -0.4 is 9.47 Å². The van der Waals surface area contributed by atoms with Crippen LogP contribution in [0, 0.1) is 6.92 Å². The molecule has 1 aromatic carbocycles. The summed E-state index contributed by atoms with van der Waals surface area (Å²) in [6, 6.07) is 6.07. The predicted molar refractivity (Wildman–Crippen MR) is 82.5 cm³/mol. The molecule has 1 heterocycles. The van der Waals surface area contributed by atoms with E-state index in [0.717, 1.165) is 35.7 Å². The van der Waals surface area contributed by atoms with Gasteiger partial charge in [-0.05, 0) is 43.4 Å². The summed E-state index contributed by atoms with van der Waals surface area (Å²) in [7, 11) is 3.30. The third-order valence-electron chi connectivity index (χ3n) is 4.20. The van der Waals surface area contributed by atoms with Gasteiger partial charge in [0.15, 0.2) is 11.5 Å². The van der Waals surface area contributed by atoms with Gasteiger partial charge in [-0.15, -0.1) is 11.6 Å². The molecule has 0 aliphatic heterocycles. The number of nitrogens with zero attached hydrogens (tertiary/aromatic N) is 1. The molecule has 0 spiro atoms. The van der Waals surface area contributed by atoms with Crippen LogP contribution in [-0.4, -0.2) is 24.4 Å². The maximum Gasteiger partial charge on any atom is 0.160 e. The number of halogens is 1. The van der Waals surface area contributed by atoms with Crippen LogP contribution in [0.3, 0.4) is 0 Å². The SMILES string of the molecule is COc1ccc(C2Cc3n[nH]c(C)c3C(Cl)C2)cc1OC. The lowest BCUT2D eigenvalue weighted by Gasteiger charge is -2.26. The van der Waals surface area contributed by atoms with Crippen molar-refractivity contribution in [2.75, 3.05) is 14.2 Å². The van der Waals surface area contributed by atoms with Gasteiger partial charge in [-0.3, -0.25) is 5.10 Å². The third-order valence-corrected chi connectivity index (χ3v) is 4.59. The Morgan fingerprint density at radius 1 is 1.24 bits per heavy atom. The van der Waals surface area contributed by atoms with Crippen molar-refractivity contribution in [2.24, 2.45) is 0 Å². The number of H-pyrrole nitrogens is 1. The summed E-state index contributed by atoms with van der Waals surface area (Å²) in [6.45, 7) is 2.03. The normalized spacial score (nSPS) is 21.0. The van der Waals surface area contributed by atoms with Crippen molar-refractivity contribution < 1.29 is 9.47 Å². The van der Waals surface area contributed by atoms with Gasteiger partial charge in [0.1, 0.15) is 0 Å². The summed E-state index contributed by atoms with van der Waals surface area (Å²) in [4.78, 5) is 0. The van der Waals surface area contributed by atoms with Gasteiger partial charge < -0.3 is 9.47 Å². The molecule has 21 heavy (non-hydrogen) atoms. The number of alkyl halides is 1. The molecule has 0 fully saturated rings. The molecular weight excluding hydrogens is 288 g/mol. The van der Waals surface area contributed by atoms with Crippen LogP contribution in [-0.2, 0) is 6.42 Å². The van der Waals surface area contributed by atoms with Crippen molar-refractivity contribution in [1.82, 2.24) is 10.2 Å². The summed E-state index contributed by atoms with van der Waals surface area (Å²) in [5.41, 5.74) is 4.55. The zero-order valence-electron chi connectivity index (χ0n) is 12.4. The van der Waals surface area contributed by atoms with E-state index in [1.807, 2.05) is 19.1 Å². The number of hydrogen-bond acceptors (Lipinski definition) is 3. The van der Waals surface area contributed by atoms with Gasteiger partial charge in [-0.25, -0.2) is 0 Å². The van der Waals surface area contributed by atoms with Crippen LogP contribution in [0.15, 0.2) is 18.2 Å². The summed E-state index contributed by atoms with van der Waals surface area (Å²) < 4.78 is 10.7. The summed E-state index contributed by atoms with van der Waals surface area (Å²) in [5, 5.41) is 7.44. The van der Waals surface area contributed by atoms with E-state index in [2.05, 4.69) is 16.3 Å². The fourth-order valence-corrected chi connectivity index (χ4v) is 3.61. The van der Waals surface area contributed by atoms with Gasteiger partial charge in [-0.1, -0.05) is 6.07 Å². The number of rotatable bonds is 3. The Kier molecular flexibility index (Phi) is 3.81. The van der Waals surface area contributed by atoms with E-state index in [9.17, 15) is 0 Å². The highest BCUT2D eigenvalue weighted by atomic mass is 35.5. The molecule has 1 aliphatic rings. The Hall–Kier alpha value is -1.68. The second-order valence-electron chi connectivity index (χ2n) is 5.43. The number of ether oxygens (including phenoxy) is 2. The lowest BCUT2D eigenvalue weighted by Crippen LogP contribution is -2.14. The number of aromatic nitrogens is 2. The second-order valence-corrected chi connectivity index (χ2v) is 5.95. The van der Waals surface area contributed by atoms with Crippen molar-refractivity contribution in [3.8, 4) is 11.5 Å². The highest BCUT2D eigenvalue weighted by molar-refractivity contribution is 6.21. The summed E-state index contributed by atoms with van der Waals surface area (Å²) in [5.74, 6) is 1.85. The zero-order valence-corrected chi connectivity index (χ0v) is 13.2. The largest absolute Gasteiger partial charge is 0.493 e. The number of hydrogen-bond donors (Lipinski definition) is 1. The van der Waals surface area contributed by atoms with Gasteiger partial charge in [0, 0.05) is 11.3 Å². The van der Waals surface area contributed by atoms with E-state index in [1.54, 1.807) is 14.2 Å². The first-order chi connectivity index (χ1) is 10.1. The molecule has 0 amide bonds. The lowest BCUT2D eigenvalue weighted by molar-refractivity contribution is 0.354. The van der Waals surface area contributed by atoms with E-state index in [4.69, 9.17) is 21.1 Å². The molecule has 112 valence electrons. The van der Waals surface area contributed by atoms with Crippen LogP contribution in [0.25, 0.3) is 0 Å². The number of fused-ring (bicyclic) bond motifs is 1. The first-order valence-electron chi connectivity index (χ1n) is 7.03. The van der Waals surface area contributed by atoms with Crippen molar-refractivity contribution in [1.29, 1.82) is 0 Å². The van der Waals surface area contributed by atoms with Crippen LogP contribution in [0.1, 0.15) is 40.2 Å². The Morgan fingerprint density at radius 2 is 2.00 bits per heavy atom. The van der Waals surface area contributed by atoms with Crippen molar-refractivity contribution >= 4 is 11.6 Å². The van der Waals surface area contributed by atoms with Gasteiger partial charge in [0.25, 0.3) is 0 Å². The first-order valence-corrected chi connectivity index (χ1v) is 7.47. The Morgan fingerprint density at radius 3 is 2.71 bits per heavy atom. The zero-order chi connectivity index (χ0) is 15.0. The molecule has 0 bridgehead atoms. The van der Waals surface area contributed by atoms with E-state index in [0.29, 0.717) is 5.92 Å². The van der Waals surface area contributed by atoms with Crippen LogP contribution in [0.2, 0.25) is 0 Å². The molecule has 5 heteroatoms. The number of nitrogens with one attached hydrogen (secondary N) is 1. The molecule has 4 nitrogen and oxygen atoms in total. The molecule has 1 N–H and O–H groups in total. The van der Waals surface area contributed by atoms with Crippen molar-refractivity contribution in [2.45, 2.75) is 31.1 Å². The van der Waals surface area contributed by atoms with Gasteiger partial charge in [0.05, 0.1) is 25.3 Å². The van der Waals surface area contributed by atoms with Gasteiger partial charge in [0.2, 0.25) is 0 Å². The molecule has 0 saturated heterocycles. The molecular formula is C16H19ClN2O2. The maximum absolute atomic E-state index is 6.55.